The lowest BCUT2D eigenvalue weighted by molar-refractivity contribution is 0.660. The van der Waals surface area contributed by atoms with Crippen molar-refractivity contribution in [2.45, 2.75) is 25.3 Å². The van der Waals surface area contributed by atoms with Gasteiger partial charge in [-0.3, -0.25) is 0 Å². The van der Waals surface area contributed by atoms with Gasteiger partial charge in [0.15, 0.2) is 17.5 Å². The Kier molecular flexibility index (Phi) is 6.80. The molecule has 3 aliphatic rings. The predicted octanol–water partition coefficient (Wildman–Crippen LogP) is 9.95. The second-order valence-electron chi connectivity index (χ2n) is 14.9. The van der Waals surface area contributed by atoms with Crippen LogP contribution in [0.2, 0.25) is 0 Å². The van der Waals surface area contributed by atoms with Crippen molar-refractivity contribution in [3.05, 3.63) is 184 Å². The molecular formula is C49H34N4S. The highest BCUT2D eigenvalue weighted by Gasteiger charge is 2.35. The van der Waals surface area contributed by atoms with Gasteiger partial charge in [-0.1, -0.05) is 141 Å². The maximum absolute atomic E-state index is 5.23. The van der Waals surface area contributed by atoms with Crippen LogP contribution in [-0.4, -0.2) is 21.0 Å². The van der Waals surface area contributed by atoms with Gasteiger partial charge in [0.1, 0.15) is 0 Å². The minimum atomic E-state index is -0.126. The molecule has 8 aromatic rings. The van der Waals surface area contributed by atoms with Crippen LogP contribution in [0.1, 0.15) is 30.5 Å². The van der Waals surface area contributed by atoms with Crippen LogP contribution in [0.3, 0.4) is 0 Å². The van der Waals surface area contributed by atoms with Crippen molar-refractivity contribution in [3.63, 3.8) is 0 Å². The Balaban J connectivity index is 1.11. The van der Waals surface area contributed by atoms with E-state index >= 15 is 0 Å². The van der Waals surface area contributed by atoms with Crippen LogP contribution in [0.5, 0.6) is 0 Å². The Morgan fingerprint density at radius 3 is 2.11 bits per heavy atom. The number of hydrogen-bond acceptors (Lipinski definition) is 5. The SMILES string of the molecule is CC1(C)c2ccccc2-c2ccc(-c3nc(-c4ccccc4)nc(-c4ccc5sc6c(c5c4)=C4C=CC=CC4NC=6c4ccc5ccccc5c4)n3)cc21. The highest BCUT2D eigenvalue weighted by molar-refractivity contribution is 7.17. The van der Waals surface area contributed by atoms with Crippen molar-refractivity contribution in [2.24, 2.45) is 0 Å². The van der Waals surface area contributed by atoms with Gasteiger partial charge in [-0.05, 0) is 74.5 Å². The molecule has 0 spiro atoms. The number of hydrogen-bond donors (Lipinski definition) is 1. The highest BCUT2D eigenvalue weighted by atomic mass is 32.1. The first-order valence-corrected chi connectivity index (χ1v) is 19.3. The summed E-state index contributed by atoms with van der Waals surface area (Å²) in [5.74, 6) is 2.00. The van der Waals surface area contributed by atoms with Crippen molar-refractivity contribution in [1.82, 2.24) is 20.3 Å². The third-order valence-electron chi connectivity index (χ3n) is 11.3. The molecule has 5 heteroatoms. The lowest BCUT2D eigenvalue weighted by Gasteiger charge is -2.25. The molecule has 3 heterocycles. The monoisotopic (exact) mass is 710 g/mol. The zero-order valence-electron chi connectivity index (χ0n) is 29.8. The second-order valence-corrected chi connectivity index (χ2v) is 15.9. The molecular weight excluding hydrogens is 677 g/mol. The molecule has 0 saturated heterocycles. The van der Waals surface area contributed by atoms with E-state index in [-0.39, 0.29) is 11.5 Å². The Morgan fingerprint density at radius 2 is 1.26 bits per heavy atom. The van der Waals surface area contributed by atoms with Crippen LogP contribution in [0.4, 0.5) is 0 Å². The van der Waals surface area contributed by atoms with Crippen molar-refractivity contribution < 1.29 is 0 Å². The zero-order valence-corrected chi connectivity index (χ0v) is 30.7. The summed E-state index contributed by atoms with van der Waals surface area (Å²) in [5.41, 5.74) is 11.7. The smallest absolute Gasteiger partial charge is 0.164 e. The molecule has 4 nitrogen and oxygen atoms in total. The Labute approximate surface area is 317 Å². The normalized spacial score (nSPS) is 16.2. The molecule has 0 bridgehead atoms. The predicted molar refractivity (Wildman–Crippen MR) is 223 cm³/mol. The zero-order chi connectivity index (χ0) is 36.0. The fraction of sp³-hybridized carbons (Fsp3) is 0.0816. The van der Waals surface area contributed by atoms with Gasteiger partial charge in [0, 0.05) is 37.4 Å². The molecule has 0 radical (unpaired) electrons. The lowest BCUT2D eigenvalue weighted by atomic mass is 9.82. The van der Waals surface area contributed by atoms with Crippen LogP contribution >= 0.6 is 11.3 Å². The second kappa shape index (κ2) is 11.8. The minimum absolute atomic E-state index is 0.0779. The van der Waals surface area contributed by atoms with E-state index in [4.69, 9.17) is 15.0 Å². The fourth-order valence-electron chi connectivity index (χ4n) is 8.58. The maximum Gasteiger partial charge on any atom is 0.164 e. The van der Waals surface area contributed by atoms with Gasteiger partial charge in [-0.15, -0.1) is 11.3 Å². The summed E-state index contributed by atoms with van der Waals surface area (Å²) in [4.78, 5) is 15.5. The quantitative estimate of drug-likeness (QED) is 0.198. The summed E-state index contributed by atoms with van der Waals surface area (Å²) in [6.07, 6.45) is 8.80. The standard InChI is InChI=1S/C49H34N4S/c1-49(2)39-18-10-8-16-35(39)36-24-22-34(28-40(36)49)48-52-46(30-13-4-3-5-14-30)51-47(53-48)33-23-25-42-38(27-33)43-37-17-9-11-19-41(37)50-44(45(43)54-42)32-21-20-29-12-6-7-15-31(29)26-32/h3-28,41,50H,1-2H3. The molecule has 0 fully saturated rings. The van der Waals surface area contributed by atoms with Gasteiger partial charge in [-0.2, -0.15) is 0 Å². The van der Waals surface area contributed by atoms with Crippen LogP contribution in [0, 0.1) is 0 Å². The number of nitrogens with zero attached hydrogens (tertiary/aromatic N) is 3. The van der Waals surface area contributed by atoms with Gasteiger partial charge in [0.05, 0.1) is 16.3 Å². The summed E-state index contributed by atoms with van der Waals surface area (Å²) < 4.78 is 2.49. The highest BCUT2D eigenvalue weighted by Crippen LogP contribution is 2.49. The minimum Gasteiger partial charge on any atom is -0.373 e. The summed E-state index contributed by atoms with van der Waals surface area (Å²) in [6.45, 7) is 4.62. The molecule has 0 amide bonds. The van der Waals surface area contributed by atoms with E-state index in [0.29, 0.717) is 17.5 Å². The van der Waals surface area contributed by atoms with E-state index in [1.165, 1.54) is 69.7 Å². The summed E-state index contributed by atoms with van der Waals surface area (Å²) in [7, 11) is 0. The Bertz CT molecular complexity index is 3060. The average Bonchev–Trinajstić information content (AvgIpc) is 3.72. The number of nitrogens with one attached hydrogen (secondary N) is 1. The van der Waals surface area contributed by atoms with Crippen LogP contribution in [0.15, 0.2) is 158 Å². The van der Waals surface area contributed by atoms with Crippen molar-refractivity contribution >= 4 is 43.5 Å². The van der Waals surface area contributed by atoms with Gasteiger partial charge < -0.3 is 5.32 Å². The van der Waals surface area contributed by atoms with Gasteiger partial charge in [0.25, 0.3) is 0 Å². The summed E-state index contributed by atoms with van der Waals surface area (Å²) in [5, 5.41) is 8.87. The molecule has 1 atom stereocenters. The van der Waals surface area contributed by atoms with Gasteiger partial charge >= 0.3 is 0 Å². The third-order valence-corrected chi connectivity index (χ3v) is 12.5. The molecule has 54 heavy (non-hydrogen) atoms. The topological polar surface area (TPSA) is 50.7 Å². The van der Waals surface area contributed by atoms with E-state index in [2.05, 4.69) is 159 Å². The van der Waals surface area contributed by atoms with Crippen LogP contribution < -0.4 is 15.1 Å². The van der Waals surface area contributed by atoms with Gasteiger partial charge in [0.2, 0.25) is 0 Å². The van der Waals surface area contributed by atoms with E-state index < -0.39 is 0 Å². The molecule has 1 N–H and O–H groups in total. The van der Waals surface area contributed by atoms with Crippen molar-refractivity contribution in [2.75, 3.05) is 0 Å². The fourth-order valence-corrected chi connectivity index (χ4v) is 9.82. The molecule has 1 aliphatic heterocycles. The Morgan fingerprint density at radius 1 is 0.574 bits per heavy atom. The Hall–Kier alpha value is -6.43. The summed E-state index contributed by atoms with van der Waals surface area (Å²) >= 11 is 1.84. The average molecular weight is 711 g/mol. The maximum atomic E-state index is 5.23. The first kappa shape index (κ1) is 31.1. The number of aromatic nitrogens is 3. The third kappa shape index (κ3) is 4.78. The van der Waals surface area contributed by atoms with E-state index in [1.54, 1.807) is 0 Å². The number of thiophene rings is 1. The molecule has 11 rings (SSSR count). The first-order valence-electron chi connectivity index (χ1n) is 18.5. The van der Waals surface area contributed by atoms with Crippen LogP contribution in [0.25, 0.3) is 77.4 Å². The first-order chi connectivity index (χ1) is 26.5. The van der Waals surface area contributed by atoms with Crippen LogP contribution in [-0.2, 0) is 5.41 Å². The molecule has 2 aliphatic carbocycles. The number of benzene rings is 6. The molecule has 2 aromatic heterocycles. The van der Waals surface area contributed by atoms with E-state index in [0.717, 1.165) is 16.7 Å². The van der Waals surface area contributed by atoms with Crippen molar-refractivity contribution in [3.8, 4) is 45.3 Å². The molecule has 1 unspecified atom stereocenters. The number of allylic oxidation sites excluding steroid dienone is 2. The number of rotatable bonds is 4. The molecule has 256 valence electrons. The largest absolute Gasteiger partial charge is 0.373 e. The van der Waals surface area contributed by atoms with Gasteiger partial charge in [-0.25, -0.2) is 15.0 Å². The molecule has 0 saturated carbocycles. The summed E-state index contributed by atoms with van der Waals surface area (Å²) in [6, 6.07) is 47.8. The lowest BCUT2D eigenvalue weighted by Crippen LogP contribution is -2.43. The van der Waals surface area contributed by atoms with Crippen molar-refractivity contribution in [1.29, 1.82) is 0 Å². The molecule has 6 aromatic carbocycles. The van der Waals surface area contributed by atoms with E-state index in [9.17, 15) is 0 Å². The van der Waals surface area contributed by atoms with E-state index in [1.807, 2.05) is 29.5 Å². The number of fused-ring (bicyclic) bond motifs is 8.